The van der Waals surface area contributed by atoms with Gasteiger partial charge in [-0.2, -0.15) is 5.26 Å². The summed E-state index contributed by atoms with van der Waals surface area (Å²) >= 11 is 0. The fraction of sp³-hybridized carbons (Fsp3) is 0.625. The molecular weight excluding hydrogens is 430 g/mol. The van der Waals surface area contributed by atoms with Gasteiger partial charge in [-0.1, -0.05) is 18.2 Å². The van der Waals surface area contributed by atoms with Crippen molar-refractivity contribution in [2.45, 2.75) is 56.4 Å². The first-order valence-electron chi connectivity index (χ1n) is 11.4. The maximum absolute atomic E-state index is 15.3. The molecule has 2 atom stereocenters. The minimum absolute atomic E-state index is 0.203. The summed E-state index contributed by atoms with van der Waals surface area (Å²) in [6, 6.07) is 8.28. The molecule has 0 aromatic heterocycles. The van der Waals surface area contributed by atoms with E-state index in [2.05, 4.69) is 11.4 Å². The van der Waals surface area contributed by atoms with Crippen molar-refractivity contribution in [1.82, 2.24) is 10.2 Å². The number of benzene rings is 1. The van der Waals surface area contributed by atoms with Crippen LogP contribution in [0.3, 0.4) is 0 Å². The molecule has 2 saturated carbocycles. The summed E-state index contributed by atoms with van der Waals surface area (Å²) in [6.07, 6.45) is 1.93. The van der Waals surface area contributed by atoms with Crippen LogP contribution in [0.5, 0.6) is 5.75 Å². The number of primary amides is 1. The summed E-state index contributed by atoms with van der Waals surface area (Å²) in [5.74, 6) is -4.31. The molecule has 1 saturated heterocycles. The number of likely N-dealkylation sites (tertiary alicyclic amines) is 1. The lowest BCUT2D eigenvalue weighted by atomic mass is 9.83. The molecular formula is C24H30F2N4O3. The Balaban J connectivity index is 1.50. The third-order valence-electron chi connectivity index (χ3n) is 7.63. The van der Waals surface area contributed by atoms with E-state index in [0.717, 1.165) is 0 Å². The molecule has 3 aliphatic rings. The first-order valence-corrected chi connectivity index (χ1v) is 11.4. The Morgan fingerprint density at radius 1 is 1.30 bits per heavy atom. The summed E-state index contributed by atoms with van der Waals surface area (Å²) < 4.78 is 35.8. The van der Waals surface area contributed by atoms with E-state index >= 15 is 8.78 Å². The standard InChI is InChI=1S/C24H30F2N4O3/c1-33-19-5-3-2-4-16(19)12-24(25,26)13-17(20(31)29-23(15-27)6-7-23)18-14-22(18)8-10-30(11-9-22)21(28)32/h2-5,17-18H,6-14H2,1H3,(H2,28,32)(H,29,31)/t17-,18?/m0/s1. The number of methoxy groups -OCH3 is 1. The van der Waals surface area contributed by atoms with Crippen LogP contribution in [0.1, 0.15) is 44.1 Å². The van der Waals surface area contributed by atoms with Crippen molar-refractivity contribution in [3.63, 3.8) is 0 Å². The summed E-state index contributed by atoms with van der Waals surface area (Å²) in [7, 11) is 1.44. The average Bonchev–Trinajstić information content (AvgIpc) is 3.70. The van der Waals surface area contributed by atoms with Crippen molar-refractivity contribution in [3.8, 4) is 11.8 Å². The van der Waals surface area contributed by atoms with Crippen molar-refractivity contribution in [1.29, 1.82) is 5.26 Å². The van der Waals surface area contributed by atoms with Crippen LogP contribution in [0.15, 0.2) is 24.3 Å². The summed E-state index contributed by atoms with van der Waals surface area (Å²) in [4.78, 5) is 26.2. The van der Waals surface area contributed by atoms with Gasteiger partial charge in [0.25, 0.3) is 5.92 Å². The second-order valence-corrected chi connectivity index (χ2v) is 9.84. The molecule has 0 bridgehead atoms. The molecule has 1 aromatic rings. The summed E-state index contributed by atoms with van der Waals surface area (Å²) in [6.45, 7) is 0.944. The summed E-state index contributed by atoms with van der Waals surface area (Å²) in [5.41, 5.74) is 4.63. The fourth-order valence-corrected chi connectivity index (χ4v) is 5.35. The predicted octanol–water partition coefficient (Wildman–Crippen LogP) is 3.23. The topological polar surface area (TPSA) is 108 Å². The van der Waals surface area contributed by atoms with Gasteiger partial charge in [0.2, 0.25) is 5.91 Å². The molecule has 33 heavy (non-hydrogen) atoms. The Morgan fingerprint density at radius 2 is 1.97 bits per heavy atom. The highest BCUT2D eigenvalue weighted by molar-refractivity contribution is 5.81. The number of alkyl halides is 2. The van der Waals surface area contributed by atoms with Crippen LogP contribution in [0.4, 0.5) is 13.6 Å². The number of hydrogen-bond donors (Lipinski definition) is 2. The normalized spacial score (nSPS) is 23.3. The van der Waals surface area contributed by atoms with Crippen molar-refractivity contribution in [3.05, 3.63) is 29.8 Å². The highest BCUT2D eigenvalue weighted by atomic mass is 19.3. The van der Waals surface area contributed by atoms with E-state index in [1.165, 1.54) is 7.11 Å². The molecule has 2 aliphatic carbocycles. The Hall–Kier alpha value is -2.89. The van der Waals surface area contributed by atoms with Gasteiger partial charge in [0, 0.05) is 37.4 Å². The molecule has 9 heteroatoms. The first kappa shape index (κ1) is 23.3. The number of amides is 3. The molecule has 3 amide bonds. The lowest BCUT2D eigenvalue weighted by Gasteiger charge is -2.33. The van der Waals surface area contributed by atoms with Crippen LogP contribution < -0.4 is 15.8 Å². The number of nitrogens with one attached hydrogen (secondary N) is 1. The van der Waals surface area contributed by atoms with Gasteiger partial charge in [0.05, 0.1) is 13.2 Å². The molecule has 3 N–H and O–H groups in total. The molecule has 4 rings (SSSR count). The Bertz CT molecular complexity index is 965. The van der Waals surface area contributed by atoms with Gasteiger partial charge in [-0.15, -0.1) is 0 Å². The third kappa shape index (κ3) is 4.90. The van der Waals surface area contributed by atoms with Crippen LogP contribution in [0, 0.1) is 28.6 Å². The molecule has 1 aliphatic heterocycles. The highest BCUT2D eigenvalue weighted by Crippen LogP contribution is 2.64. The molecule has 178 valence electrons. The van der Waals surface area contributed by atoms with Crippen molar-refractivity contribution >= 4 is 11.9 Å². The van der Waals surface area contributed by atoms with E-state index < -0.39 is 42.2 Å². The molecule has 1 unspecified atom stereocenters. The van der Waals surface area contributed by atoms with Gasteiger partial charge in [-0.25, -0.2) is 13.6 Å². The lowest BCUT2D eigenvalue weighted by Crippen LogP contribution is -2.45. The summed E-state index contributed by atoms with van der Waals surface area (Å²) in [5, 5.41) is 12.1. The van der Waals surface area contributed by atoms with Gasteiger partial charge in [-0.05, 0) is 49.5 Å². The second kappa shape index (κ2) is 8.47. The third-order valence-corrected chi connectivity index (χ3v) is 7.63. The van der Waals surface area contributed by atoms with Crippen LogP contribution in [0.25, 0.3) is 0 Å². The zero-order valence-corrected chi connectivity index (χ0v) is 18.8. The predicted molar refractivity (Wildman–Crippen MR) is 116 cm³/mol. The number of carbonyl (C=O) groups excluding carboxylic acids is 2. The largest absolute Gasteiger partial charge is 0.496 e. The number of ether oxygens (including phenoxy) is 1. The quantitative estimate of drug-likeness (QED) is 0.621. The zero-order valence-electron chi connectivity index (χ0n) is 18.8. The minimum Gasteiger partial charge on any atom is -0.496 e. The van der Waals surface area contributed by atoms with Crippen molar-refractivity contribution in [2.75, 3.05) is 20.2 Å². The van der Waals surface area contributed by atoms with Crippen LogP contribution >= 0.6 is 0 Å². The number of piperidine rings is 1. The van der Waals surface area contributed by atoms with Crippen LogP contribution in [0.2, 0.25) is 0 Å². The molecule has 1 aromatic carbocycles. The SMILES string of the molecule is COc1ccccc1CC(F)(F)C[C@H](C(=O)NC1(C#N)CC1)C1CC12CCN(C(N)=O)CC2. The monoisotopic (exact) mass is 460 g/mol. The van der Waals surface area contributed by atoms with Gasteiger partial charge in [0.1, 0.15) is 11.3 Å². The number of nitrogens with zero attached hydrogens (tertiary/aromatic N) is 2. The van der Waals surface area contributed by atoms with Gasteiger partial charge >= 0.3 is 6.03 Å². The number of rotatable bonds is 8. The number of para-hydroxylation sites is 1. The second-order valence-electron chi connectivity index (χ2n) is 9.84. The van der Waals surface area contributed by atoms with E-state index in [1.807, 2.05) is 0 Å². The molecule has 1 heterocycles. The van der Waals surface area contributed by atoms with E-state index in [1.54, 1.807) is 29.2 Å². The zero-order chi connectivity index (χ0) is 23.9. The lowest BCUT2D eigenvalue weighted by molar-refractivity contribution is -0.131. The fourth-order valence-electron chi connectivity index (χ4n) is 5.35. The van der Waals surface area contributed by atoms with Crippen molar-refractivity contribution < 1.29 is 23.1 Å². The molecule has 0 radical (unpaired) electrons. The average molecular weight is 461 g/mol. The number of urea groups is 1. The van der Waals surface area contributed by atoms with Gasteiger partial charge in [0.15, 0.2) is 0 Å². The number of hydrogen-bond acceptors (Lipinski definition) is 4. The molecule has 3 fully saturated rings. The molecule has 1 spiro atoms. The Morgan fingerprint density at radius 3 is 2.55 bits per heavy atom. The number of halogens is 2. The number of nitrogens with two attached hydrogens (primary N) is 1. The van der Waals surface area contributed by atoms with E-state index in [9.17, 15) is 14.9 Å². The van der Waals surface area contributed by atoms with Gasteiger partial charge in [-0.3, -0.25) is 4.79 Å². The molecule has 7 nitrogen and oxygen atoms in total. The van der Waals surface area contributed by atoms with Crippen LogP contribution in [-0.4, -0.2) is 48.5 Å². The minimum atomic E-state index is -3.13. The Labute approximate surface area is 192 Å². The smallest absolute Gasteiger partial charge is 0.314 e. The first-order chi connectivity index (χ1) is 15.6. The van der Waals surface area contributed by atoms with E-state index in [-0.39, 0.29) is 11.3 Å². The maximum Gasteiger partial charge on any atom is 0.314 e. The van der Waals surface area contributed by atoms with E-state index in [4.69, 9.17) is 10.5 Å². The van der Waals surface area contributed by atoms with E-state index in [0.29, 0.717) is 56.5 Å². The Kier molecular flexibility index (Phi) is 5.97. The maximum atomic E-state index is 15.3. The van der Waals surface area contributed by atoms with Crippen molar-refractivity contribution in [2.24, 2.45) is 23.0 Å². The number of carbonyl (C=O) groups is 2. The van der Waals surface area contributed by atoms with Crippen LogP contribution in [-0.2, 0) is 11.2 Å². The number of nitriles is 1. The van der Waals surface area contributed by atoms with Gasteiger partial charge < -0.3 is 20.7 Å². The highest BCUT2D eigenvalue weighted by Gasteiger charge is 2.61.